The summed E-state index contributed by atoms with van der Waals surface area (Å²) in [5.41, 5.74) is 0.744. The number of likely N-dealkylation sites (tertiary alicyclic amines) is 1. The summed E-state index contributed by atoms with van der Waals surface area (Å²) < 4.78 is 1.89. The third kappa shape index (κ3) is 3.60. The van der Waals surface area contributed by atoms with Crippen molar-refractivity contribution < 1.29 is 4.79 Å². The molecule has 2 heterocycles. The molecular weight excluding hydrogens is 214 g/mol. The first-order valence-corrected chi connectivity index (χ1v) is 6.38. The van der Waals surface area contributed by atoms with Crippen LogP contribution < -0.4 is 5.32 Å². The van der Waals surface area contributed by atoms with Crippen molar-refractivity contribution >= 4 is 5.91 Å². The molecule has 1 N–H and O–H groups in total. The number of hydrogen-bond donors (Lipinski definition) is 1. The van der Waals surface area contributed by atoms with Gasteiger partial charge in [0.15, 0.2) is 0 Å². The third-order valence-electron chi connectivity index (χ3n) is 3.23. The largest absolute Gasteiger partial charge is 0.356 e. The number of carbonyl (C=O) groups excluding carboxylic acids is 1. The number of rotatable bonds is 5. The molecule has 0 atom stereocenters. The highest BCUT2D eigenvalue weighted by Gasteiger charge is 2.11. The summed E-state index contributed by atoms with van der Waals surface area (Å²) in [7, 11) is 1.92. The van der Waals surface area contributed by atoms with Crippen molar-refractivity contribution in [1.82, 2.24) is 14.8 Å². The van der Waals surface area contributed by atoms with Crippen LogP contribution in [0.1, 0.15) is 29.6 Å². The molecule has 4 heteroatoms. The summed E-state index contributed by atoms with van der Waals surface area (Å²) in [4.78, 5) is 14.2. The molecule has 1 aliphatic heterocycles. The maximum absolute atomic E-state index is 11.7. The summed E-state index contributed by atoms with van der Waals surface area (Å²) >= 11 is 0. The lowest BCUT2D eigenvalue weighted by Crippen LogP contribution is -2.28. The van der Waals surface area contributed by atoms with E-state index in [-0.39, 0.29) is 5.91 Å². The number of carbonyl (C=O) groups is 1. The highest BCUT2D eigenvalue weighted by Crippen LogP contribution is 2.07. The van der Waals surface area contributed by atoms with E-state index in [1.54, 1.807) is 0 Å². The lowest BCUT2D eigenvalue weighted by Gasteiger charge is -2.14. The van der Waals surface area contributed by atoms with Crippen LogP contribution in [0.15, 0.2) is 18.5 Å². The van der Waals surface area contributed by atoms with Crippen LogP contribution in [0, 0.1) is 0 Å². The molecule has 1 aliphatic rings. The van der Waals surface area contributed by atoms with Gasteiger partial charge in [-0.15, -0.1) is 0 Å². The lowest BCUT2D eigenvalue weighted by molar-refractivity contribution is 0.0952. The number of aromatic nitrogens is 1. The fourth-order valence-corrected chi connectivity index (χ4v) is 2.25. The predicted molar refractivity (Wildman–Crippen MR) is 68.0 cm³/mol. The number of amides is 1. The average Bonchev–Trinajstić information content (AvgIpc) is 2.95. The van der Waals surface area contributed by atoms with Crippen LogP contribution >= 0.6 is 0 Å². The SMILES string of the molecule is Cn1ccc(C(=O)NCCCN2CCCC2)c1. The molecule has 1 aromatic heterocycles. The number of hydrogen-bond acceptors (Lipinski definition) is 2. The van der Waals surface area contributed by atoms with Crippen molar-refractivity contribution in [3.63, 3.8) is 0 Å². The summed E-state index contributed by atoms with van der Waals surface area (Å²) in [5, 5.41) is 2.96. The van der Waals surface area contributed by atoms with Crippen molar-refractivity contribution in [3.05, 3.63) is 24.0 Å². The molecule has 17 heavy (non-hydrogen) atoms. The van der Waals surface area contributed by atoms with E-state index in [1.165, 1.54) is 25.9 Å². The fraction of sp³-hybridized carbons (Fsp3) is 0.615. The van der Waals surface area contributed by atoms with E-state index >= 15 is 0 Å². The van der Waals surface area contributed by atoms with Crippen LogP contribution in [0.25, 0.3) is 0 Å². The minimum Gasteiger partial charge on any atom is -0.356 e. The first-order valence-electron chi connectivity index (χ1n) is 6.38. The topological polar surface area (TPSA) is 37.3 Å². The molecule has 0 radical (unpaired) electrons. The van der Waals surface area contributed by atoms with E-state index in [9.17, 15) is 4.79 Å². The van der Waals surface area contributed by atoms with Gasteiger partial charge in [0.1, 0.15) is 0 Å². The monoisotopic (exact) mass is 235 g/mol. The van der Waals surface area contributed by atoms with Crippen LogP contribution in [-0.2, 0) is 7.05 Å². The van der Waals surface area contributed by atoms with Crippen LogP contribution in [0.5, 0.6) is 0 Å². The highest BCUT2D eigenvalue weighted by molar-refractivity contribution is 5.93. The van der Waals surface area contributed by atoms with Crippen LogP contribution in [0.3, 0.4) is 0 Å². The van der Waals surface area contributed by atoms with Gasteiger partial charge in [-0.1, -0.05) is 0 Å². The number of nitrogens with one attached hydrogen (secondary N) is 1. The van der Waals surface area contributed by atoms with Gasteiger partial charge in [-0.2, -0.15) is 0 Å². The molecule has 1 saturated heterocycles. The molecule has 2 rings (SSSR count). The molecule has 0 spiro atoms. The Kier molecular flexibility index (Phi) is 4.20. The highest BCUT2D eigenvalue weighted by atomic mass is 16.1. The zero-order chi connectivity index (χ0) is 12.1. The Morgan fingerprint density at radius 1 is 1.41 bits per heavy atom. The molecule has 0 saturated carbocycles. The Hall–Kier alpha value is -1.29. The number of aryl methyl sites for hydroxylation is 1. The Labute approximate surface area is 103 Å². The van der Waals surface area contributed by atoms with E-state index in [2.05, 4.69) is 10.2 Å². The Balaban J connectivity index is 1.63. The molecular formula is C13H21N3O. The fourth-order valence-electron chi connectivity index (χ4n) is 2.25. The quantitative estimate of drug-likeness (QED) is 0.780. The first kappa shape index (κ1) is 12.2. The van der Waals surface area contributed by atoms with Crippen LogP contribution in [-0.4, -0.2) is 41.6 Å². The standard InChI is InChI=1S/C13H21N3O/c1-15-10-5-12(11-15)13(17)14-6-4-9-16-7-2-3-8-16/h5,10-11H,2-4,6-9H2,1H3,(H,14,17). The van der Waals surface area contributed by atoms with Crippen molar-refractivity contribution in [2.45, 2.75) is 19.3 Å². The Bertz CT molecular complexity index is 366. The molecule has 1 amide bonds. The van der Waals surface area contributed by atoms with Crippen molar-refractivity contribution in [2.75, 3.05) is 26.2 Å². The predicted octanol–water partition coefficient (Wildman–Crippen LogP) is 1.24. The van der Waals surface area contributed by atoms with E-state index < -0.39 is 0 Å². The van der Waals surface area contributed by atoms with Gasteiger partial charge in [-0.25, -0.2) is 0 Å². The van der Waals surface area contributed by atoms with Gasteiger partial charge in [-0.05, 0) is 45.0 Å². The van der Waals surface area contributed by atoms with E-state index in [0.717, 1.165) is 25.1 Å². The summed E-state index contributed by atoms with van der Waals surface area (Å²) in [6.07, 6.45) is 7.43. The summed E-state index contributed by atoms with van der Waals surface area (Å²) in [6, 6.07) is 1.84. The van der Waals surface area contributed by atoms with E-state index in [0.29, 0.717) is 0 Å². The third-order valence-corrected chi connectivity index (χ3v) is 3.23. The van der Waals surface area contributed by atoms with Gasteiger partial charge in [-0.3, -0.25) is 4.79 Å². The molecule has 4 nitrogen and oxygen atoms in total. The minimum absolute atomic E-state index is 0.0343. The Morgan fingerprint density at radius 3 is 2.82 bits per heavy atom. The van der Waals surface area contributed by atoms with Gasteiger partial charge >= 0.3 is 0 Å². The van der Waals surface area contributed by atoms with Gasteiger partial charge < -0.3 is 14.8 Å². The molecule has 94 valence electrons. The smallest absolute Gasteiger partial charge is 0.252 e. The van der Waals surface area contributed by atoms with Gasteiger partial charge in [0.25, 0.3) is 5.91 Å². The van der Waals surface area contributed by atoms with Crippen LogP contribution in [0.2, 0.25) is 0 Å². The zero-order valence-corrected chi connectivity index (χ0v) is 10.5. The maximum atomic E-state index is 11.7. The normalized spacial score (nSPS) is 16.3. The van der Waals surface area contributed by atoms with E-state index in [4.69, 9.17) is 0 Å². The van der Waals surface area contributed by atoms with Crippen molar-refractivity contribution in [1.29, 1.82) is 0 Å². The summed E-state index contributed by atoms with van der Waals surface area (Å²) in [5.74, 6) is 0.0343. The molecule has 1 aromatic rings. The second-order valence-corrected chi connectivity index (χ2v) is 4.72. The molecule has 0 aliphatic carbocycles. The van der Waals surface area contributed by atoms with Gasteiger partial charge in [0.2, 0.25) is 0 Å². The van der Waals surface area contributed by atoms with Crippen LogP contribution in [0.4, 0.5) is 0 Å². The van der Waals surface area contributed by atoms with Gasteiger partial charge in [0, 0.05) is 26.0 Å². The van der Waals surface area contributed by atoms with Gasteiger partial charge in [0.05, 0.1) is 5.56 Å². The number of nitrogens with zero attached hydrogens (tertiary/aromatic N) is 2. The minimum atomic E-state index is 0.0343. The maximum Gasteiger partial charge on any atom is 0.252 e. The average molecular weight is 235 g/mol. The molecule has 0 unspecified atom stereocenters. The van der Waals surface area contributed by atoms with Crippen molar-refractivity contribution in [2.24, 2.45) is 7.05 Å². The molecule has 0 bridgehead atoms. The van der Waals surface area contributed by atoms with Crippen molar-refractivity contribution in [3.8, 4) is 0 Å². The van der Waals surface area contributed by atoms with E-state index in [1.807, 2.05) is 30.1 Å². The first-order chi connectivity index (χ1) is 8.25. The molecule has 1 fully saturated rings. The second-order valence-electron chi connectivity index (χ2n) is 4.72. The molecule has 0 aromatic carbocycles. The summed E-state index contributed by atoms with van der Waals surface area (Å²) in [6.45, 7) is 4.33. The zero-order valence-electron chi connectivity index (χ0n) is 10.5. The Morgan fingerprint density at radius 2 is 2.18 bits per heavy atom. The lowest BCUT2D eigenvalue weighted by atomic mass is 10.3. The second kappa shape index (κ2) is 5.87.